The molecule has 0 aromatic rings. The van der Waals surface area contributed by atoms with Crippen LogP contribution in [0.15, 0.2) is 0 Å². The van der Waals surface area contributed by atoms with Gasteiger partial charge in [-0.05, 0) is 13.3 Å². The van der Waals surface area contributed by atoms with Gasteiger partial charge in [0.05, 0.1) is 19.8 Å². The predicted molar refractivity (Wildman–Crippen MR) is 70.7 cm³/mol. The fourth-order valence-electron chi connectivity index (χ4n) is 1.80. The molecule has 1 atom stereocenters. The highest BCUT2D eigenvalue weighted by molar-refractivity contribution is 5.75. The van der Waals surface area contributed by atoms with E-state index in [1.54, 1.807) is 14.2 Å². The topological polar surface area (TPSA) is 48.0 Å². The molecule has 0 saturated heterocycles. The van der Waals surface area contributed by atoms with Crippen molar-refractivity contribution in [2.24, 2.45) is 0 Å². The first-order chi connectivity index (χ1) is 8.71. The van der Waals surface area contributed by atoms with Crippen LogP contribution in [0.25, 0.3) is 0 Å². The summed E-state index contributed by atoms with van der Waals surface area (Å²) < 4.78 is 15.3. The summed E-state index contributed by atoms with van der Waals surface area (Å²) in [5.74, 6) is -0.147. The van der Waals surface area contributed by atoms with E-state index in [1.165, 1.54) is 0 Å². The number of carbonyl (C=O) groups is 1. The maximum Gasteiger partial charge on any atom is 0.323 e. The molecule has 0 spiro atoms. The van der Waals surface area contributed by atoms with Crippen molar-refractivity contribution in [1.82, 2.24) is 4.90 Å². The highest BCUT2D eigenvalue weighted by Crippen LogP contribution is 2.09. The molecular weight excluding hydrogens is 234 g/mol. The Morgan fingerprint density at radius 2 is 1.67 bits per heavy atom. The largest absolute Gasteiger partial charge is 0.465 e. The van der Waals surface area contributed by atoms with Crippen LogP contribution in [0.5, 0.6) is 0 Å². The molecule has 0 aliphatic carbocycles. The fraction of sp³-hybridized carbons (Fsp3) is 0.923. The standard InChI is InChI=1S/C13H27NO4/c1-5-7-12(13(15)18-6-2)14(8-10-16-3)9-11-17-4/h12H,5-11H2,1-4H3. The Morgan fingerprint density at radius 3 is 2.06 bits per heavy atom. The van der Waals surface area contributed by atoms with Crippen molar-refractivity contribution in [1.29, 1.82) is 0 Å². The molecule has 0 aromatic heterocycles. The average molecular weight is 261 g/mol. The number of rotatable bonds is 11. The number of ether oxygens (including phenoxy) is 3. The maximum atomic E-state index is 12.0. The van der Waals surface area contributed by atoms with Gasteiger partial charge in [0.2, 0.25) is 0 Å². The third-order valence-electron chi connectivity index (χ3n) is 2.73. The van der Waals surface area contributed by atoms with Crippen LogP contribution >= 0.6 is 0 Å². The Hall–Kier alpha value is -0.650. The van der Waals surface area contributed by atoms with Crippen LogP contribution in [0.4, 0.5) is 0 Å². The zero-order valence-electron chi connectivity index (χ0n) is 12.1. The van der Waals surface area contributed by atoms with Gasteiger partial charge in [0.15, 0.2) is 0 Å². The summed E-state index contributed by atoms with van der Waals surface area (Å²) in [5, 5.41) is 0. The first kappa shape index (κ1) is 17.4. The monoisotopic (exact) mass is 261 g/mol. The predicted octanol–water partition coefficient (Wildman–Crippen LogP) is 1.31. The maximum absolute atomic E-state index is 12.0. The first-order valence-corrected chi connectivity index (χ1v) is 6.59. The van der Waals surface area contributed by atoms with Gasteiger partial charge in [-0.3, -0.25) is 9.69 Å². The molecule has 0 fully saturated rings. The molecule has 0 radical (unpaired) electrons. The molecule has 0 aromatic carbocycles. The first-order valence-electron chi connectivity index (χ1n) is 6.59. The summed E-state index contributed by atoms with van der Waals surface area (Å²) in [6.07, 6.45) is 1.74. The second-order valence-electron chi connectivity index (χ2n) is 4.08. The Bertz CT molecular complexity index is 203. The van der Waals surface area contributed by atoms with Gasteiger partial charge >= 0.3 is 5.97 Å². The molecule has 0 saturated carbocycles. The van der Waals surface area contributed by atoms with E-state index >= 15 is 0 Å². The van der Waals surface area contributed by atoms with Crippen molar-refractivity contribution in [3.05, 3.63) is 0 Å². The van der Waals surface area contributed by atoms with Crippen LogP contribution in [0.2, 0.25) is 0 Å². The molecule has 5 nitrogen and oxygen atoms in total. The Labute approximate surface area is 110 Å². The van der Waals surface area contributed by atoms with E-state index in [2.05, 4.69) is 11.8 Å². The van der Waals surface area contributed by atoms with Crippen LogP contribution in [-0.4, -0.2) is 64.0 Å². The molecular formula is C13H27NO4. The van der Waals surface area contributed by atoms with Gasteiger partial charge in [-0.1, -0.05) is 13.3 Å². The Kier molecular flexibility index (Phi) is 11.0. The lowest BCUT2D eigenvalue weighted by atomic mass is 10.1. The van der Waals surface area contributed by atoms with Crippen molar-refractivity contribution < 1.29 is 19.0 Å². The van der Waals surface area contributed by atoms with Gasteiger partial charge in [0.25, 0.3) is 0 Å². The van der Waals surface area contributed by atoms with Crippen LogP contribution < -0.4 is 0 Å². The van der Waals surface area contributed by atoms with E-state index in [9.17, 15) is 4.79 Å². The molecule has 5 heteroatoms. The fourth-order valence-corrected chi connectivity index (χ4v) is 1.80. The number of hydrogen-bond acceptors (Lipinski definition) is 5. The average Bonchev–Trinajstić information content (AvgIpc) is 2.37. The van der Waals surface area contributed by atoms with E-state index in [0.29, 0.717) is 32.9 Å². The molecule has 0 aliphatic heterocycles. The van der Waals surface area contributed by atoms with E-state index in [1.807, 2.05) is 6.92 Å². The highest BCUT2D eigenvalue weighted by Gasteiger charge is 2.25. The van der Waals surface area contributed by atoms with Crippen molar-refractivity contribution in [3.8, 4) is 0 Å². The van der Waals surface area contributed by atoms with E-state index in [4.69, 9.17) is 14.2 Å². The molecule has 0 amide bonds. The third kappa shape index (κ3) is 6.93. The lowest BCUT2D eigenvalue weighted by Crippen LogP contribution is -2.45. The summed E-state index contributed by atoms with van der Waals surface area (Å²) in [6.45, 7) is 6.94. The summed E-state index contributed by atoms with van der Waals surface area (Å²) in [6, 6.07) is -0.194. The minimum absolute atomic E-state index is 0.147. The minimum Gasteiger partial charge on any atom is -0.465 e. The van der Waals surface area contributed by atoms with Crippen LogP contribution in [0.3, 0.4) is 0 Å². The number of esters is 1. The Balaban J connectivity index is 4.54. The zero-order chi connectivity index (χ0) is 13.8. The smallest absolute Gasteiger partial charge is 0.323 e. The zero-order valence-corrected chi connectivity index (χ0v) is 12.1. The number of methoxy groups -OCH3 is 2. The van der Waals surface area contributed by atoms with Gasteiger partial charge in [-0.25, -0.2) is 0 Å². The number of carbonyl (C=O) groups excluding carboxylic acids is 1. The van der Waals surface area contributed by atoms with E-state index in [0.717, 1.165) is 12.8 Å². The van der Waals surface area contributed by atoms with Crippen molar-refractivity contribution in [2.75, 3.05) is 47.1 Å². The molecule has 1 unspecified atom stereocenters. The van der Waals surface area contributed by atoms with Gasteiger partial charge in [0, 0.05) is 27.3 Å². The molecule has 0 N–H and O–H groups in total. The highest BCUT2D eigenvalue weighted by atomic mass is 16.5. The van der Waals surface area contributed by atoms with Crippen LogP contribution in [-0.2, 0) is 19.0 Å². The third-order valence-corrected chi connectivity index (χ3v) is 2.73. The number of nitrogens with zero attached hydrogens (tertiary/aromatic N) is 1. The summed E-state index contributed by atoms with van der Waals surface area (Å²) in [7, 11) is 3.32. The number of hydrogen-bond donors (Lipinski definition) is 0. The summed E-state index contributed by atoms with van der Waals surface area (Å²) >= 11 is 0. The quantitative estimate of drug-likeness (QED) is 0.525. The van der Waals surface area contributed by atoms with Gasteiger partial charge in [0.1, 0.15) is 6.04 Å². The van der Waals surface area contributed by atoms with Crippen LogP contribution in [0.1, 0.15) is 26.7 Å². The lowest BCUT2D eigenvalue weighted by Gasteiger charge is -2.29. The molecule has 108 valence electrons. The SMILES string of the molecule is CCCC(C(=O)OCC)N(CCOC)CCOC. The minimum atomic E-state index is -0.194. The molecule has 0 aliphatic rings. The second kappa shape index (κ2) is 11.4. The summed E-state index contributed by atoms with van der Waals surface area (Å²) in [4.78, 5) is 14.0. The van der Waals surface area contributed by atoms with E-state index < -0.39 is 0 Å². The van der Waals surface area contributed by atoms with Crippen molar-refractivity contribution in [2.45, 2.75) is 32.7 Å². The lowest BCUT2D eigenvalue weighted by molar-refractivity contribution is -0.150. The Morgan fingerprint density at radius 1 is 1.11 bits per heavy atom. The van der Waals surface area contributed by atoms with E-state index in [-0.39, 0.29) is 12.0 Å². The molecule has 0 rings (SSSR count). The molecule has 18 heavy (non-hydrogen) atoms. The van der Waals surface area contributed by atoms with Crippen molar-refractivity contribution >= 4 is 5.97 Å². The van der Waals surface area contributed by atoms with Gasteiger partial charge in [-0.15, -0.1) is 0 Å². The van der Waals surface area contributed by atoms with Gasteiger partial charge < -0.3 is 14.2 Å². The van der Waals surface area contributed by atoms with Crippen LogP contribution in [0, 0.1) is 0 Å². The molecule has 0 heterocycles. The summed E-state index contributed by atoms with van der Waals surface area (Å²) in [5.41, 5.74) is 0. The van der Waals surface area contributed by atoms with Crippen molar-refractivity contribution in [3.63, 3.8) is 0 Å². The molecule has 0 bridgehead atoms. The normalized spacial score (nSPS) is 12.7. The van der Waals surface area contributed by atoms with Gasteiger partial charge in [-0.2, -0.15) is 0 Å². The second-order valence-corrected chi connectivity index (χ2v) is 4.08.